The average molecular weight is 284 g/mol. The Kier molecular flexibility index (Phi) is 9.92. The predicted molar refractivity (Wildman–Crippen MR) is 84.4 cm³/mol. The van der Waals surface area contributed by atoms with Crippen molar-refractivity contribution in [1.29, 1.82) is 0 Å². The number of likely N-dealkylation sites (N-methyl/N-ethyl adjacent to an activating group) is 1. The summed E-state index contributed by atoms with van der Waals surface area (Å²) in [4.78, 5) is 17.3. The van der Waals surface area contributed by atoms with Crippen LogP contribution in [0, 0.1) is 0 Å². The topological polar surface area (TPSA) is 56.7 Å². The van der Waals surface area contributed by atoms with Gasteiger partial charge in [0.2, 0.25) is 5.91 Å². The van der Waals surface area contributed by atoms with Gasteiger partial charge in [0.25, 0.3) is 0 Å². The first-order valence-corrected chi connectivity index (χ1v) is 6.95. The second-order valence-corrected chi connectivity index (χ2v) is 5.83. The minimum absolute atomic E-state index is 0.0667. The van der Waals surface area contributed by atoms with E-state index in [2.05, 4.69) is 22.2 Å². The van der Waals surface area contributed by atoms with Gasteiger partial charge in [-0.15, -0.1) is 11.8 Å². The molecule has 19 heavy (non-hydrogen) atoms. The van der Waals surface area contributed by atoms with Gasteiger partial charge >= 0.3 is 0 Å². The van der Waals surface area contributed by atoms with Crippen molar-refractivity contribution in [3.8, 4) is 0 Å². The van der Waals surface area contributed by atoms with Gasteiger partial charge in [0, 0.05) is 31.5 Å². The lowest BCUT2D eigenvalue weighted by Crippen LogP contribution is -2.28. The van der Waals surface area contributed by atoms with Crippen molar-refractivity contribution >= 4 is 24.0 Å². The van der Waals surface area contributed by atoms with E-state index in [1.165, 1.54) is 0 Å². The SMILES string of the molecule is C=C(NC=NC)SC(C)CNC(=O)/C=C/CN(C)C. The van der Waals surface area contributed by atoms with Crippen LogP contribution in [0.15, 0.2) is 28.8 Å². The van der Waals surface area contributed by atoms with Crippen LogP contribution in [-0.2, 0) is 4.79 Å². The number of hydrogen-bond acceptors (Lipinski definition) is 4. The third-order valence-electron chi connectivity index (χ3n) is 2.00. The molecule has 6 heteroatoms. The normalized spacial score (nSPS) is 13.1. The van der Waals surface area contributed by atoms with Gasteiger partial charge in [-0.25, -0.2) is 0 Å². The van der Waals surface area contributed by atoms with Crippen LogP contribution in [0.4, 0.5) is 0 Å². The molecule has 2 N–H and O–H groups in total. The highest BCUT2D eigenvalue weighted by Gasteiger charge is 2.05. The predicted octanol–water partition coefficient (Wildman–Crippen LogP) is 1.06. The molecule has 0 aromatic rings. The van der Waals surface area contributed by atoms with Crippen molar-refractivity contribution in [3.05, 3.63) is 23.8 Å². The molecule has 0 aliphatic carbocycles. The summed E-state index contributed by atoms with van der Waals surface area (Å²) in [6, 6.07) is 0. The summed E-state index contributed by atoms with van der Waals surface area (Å²) >= 11 is 1.57. The lowest BCUT2D eigenvalue weighted by molar-refractivity contribution is -0.116. The molecule has 0 aromatic heterocycles. The lowest BCUT2D eigenvalue weighted by Gasteiger charge is -2.12. The monoisotopic (exact) mass is 284 g/mol. The van der Waals surface area contributed by atoms with E-state index in [1.54, 1.807) is 31.2 Å². The van der Waals surface area contributed by atoms with E-state index in [-0.39, 0.29) is 11.2 Å². The second-order valence-electron chi connectivity index (χ2n) is 4.29. The molecule has 0 rings (SSSR count). The van der Waals surface area contributed by atoms with Crippen LogP contribution in [0.25, 0.3) is 0 Å². The number of carbonyl (C=O) groups excluding carboxylic acids is 1. The van der Waals surface area contributed by atoms with Crippen LogP contribution in [0.1, 0.15) is 6.92 Å². The Balaban J connectivity index is 3.83. The van der Waals surface area contributed by atoms with Crippen LogP contribution >= 0.6 is 11.8 Å². The highest BCUT2D eigenvalue weighted by Crippen LogP contribution is 2.16. The van der Waals surface area contributed by atoms with Crippen molar-refractivity contribution in [2.45, 2.75) is 12.2 Å². The van der Waals surface area contributed by atoms with Gasteiger partial charge in [0.1, 0.15) is 0 Å². The lowest BCUT2D eigenvalue weighted by atomic mass is 10.4. The van der Waals surface area contributed by atoms with Crippen molar-refractivity contribution in [2.24, 2.45) is 4.99 Å². The molecule has 0 bridgehead atoms. The number of rotatable bonds is 9. The summed E-state index contributed by atoms with van der Waals surface area (Å²) in [5.74, 6) is -0.0667. The van der Waals surface area contributed by atoms with Crippen LogP contribution in [0.3, 0.4) is 0 Å². The fourth-order valence-electron chi connectivity index (χ4n) is 1.13. The smallest absolute Gasteiger partial charge is 0.243 e. The highest BCUT2D eigenvalue weighted by atomic mass is 32.2. The van der Waals surface area contributed by atoms with E-state index < -0.39 is 0 Å². The first-order chi connectivity index (χ1) is 8.95. The molecule has 0 fully saturated rings. The molecular formula is C13H24N4OS. The van der Waals surface area contributed by atoms with Gasteiger partial charge in [-0.3, -0.25) is 9.79 Å². The minimum atomic E-state index is -0.0667. The zero-order chi connectivity index (χ0) is 14.7. The maximum absolute atomic E-state index is 11.5. The van der Waals surface area contributed by atoms with Gasteiger partial charge in [0.05, 0.1) is 11.4 Å². The van der Waals surface area contributed by atoms with E-state index in [9.17, 15) is 4.79 Å². The van der Waals surface area contributed by atoms with Gasteiger partial charge < -0.3 is 15.5 Å². The summed E-state index contributed by atoms with van der Waals surface area (Å²) in [5.41, 5.74) is 0. The molecule has 0 radical (unpaired) electrons. The second kappa shape index (κ2) is 10.6. The largest absolute Gasteiger partial charge is 0.351 e. The molecule has 0 saturated heterocycles. The number of carbonyl (C=O) groups is 1. The summed E-state index contributed by atoms with van der Waals surface area (Å²) in [5, 5.41) is 6.85. The molecule has 1 atom stereocenters. The molecule has 0 heterocycles. The number of hydrogen-bond donors (Lipinski definition) is 2. The molecule has 108 valence electrons. The number of aliphatic imine (C=N–C) groups is 1. The standard InChI is InChI=1S/C13H24N4OS/c1-11(19-12(2)16-10-14-3)9-15-13(18)7-6-8-17(4)5/h6-7,10-11H,2,8-9H2,1,3-5H3,(H,14,16)(H,15,18)/b7-6+. The van der Waals surface area contributed by atoms with E-state index in [4.69, 9.17) is 0 Å². The van der Waals surface area contributed by atoms with Crippen molar-refractivity contribution in [2.75, 3.05) is 34.2 Å². The summed E-state index contributed by atoms with van der Waals surface area (Å²) < 4.78 is 0. The number of thioether (sulfide) groups is 1. The highest BCUT2D eigenvalue weighted by molar-refractivity contribution is 8.03. The Morgan fingerprint density at radius 2 is 2.21 bits per heavy atom. The molecule has 0 aliphatic rings. The molecule has 0 spiro atoms. The summed E-state index contributed by atoms with van der Waals surface area (Å²) in [6.45, 7) is 7.24. The third kappa shape index (κ3) is 11.5. The van der Waals surface area contributed by atoms with Crippen LogP contribution in [-0.4, -0.2) is 56.6 Å². The fraction of sp³-hybridized carbons (Fsp3) is 0.538. The zero-order valence-electron chi connectivity index (χ0n) is 12.1. The Morgan fingerprint density at radius 1 is 1.53 bits per heavy atom. The van der Waals surface area contributed by atoms with Crippen LogP contribution in [0.2, 0.25) is 0 Å². The molecule has 5 nitrogen and oxygen atoms in total. The first-order valence-electron chi connectivity index (χ1n) is 6.07. The van der Waals surface area contributed by atoms with E-state index >= 15 is 0 Å². The van der Waals surface area contributed by atoms with Crippen molar-refractivity contribution in [1.82, 2.24) is 15.5 Å². The van der Waals surface area contributed by atoms with Crippen molar-refractivity contribution in [3.63, 3.8) is 0 Å². The fourth-order valence-corrected chi connectivity index (χ4v) is 1.90. The Hall–Kier alpha value is -1.27. The average Bonchev–Trinajstić information content (AvgIpc) is 2.33. The summed E-state index contributed by atoms with van der Waals surface area (Å²) in [6.07, 6.45) is 4.99. The quantitative estimate of drug-likeness (QED) is 0.378. The maximum Gasteiger partial charge on any atom is 0.243 e. The number of amides is 1. The third-order valence-corrected chi connectivity index (χ3v) is 2.97. The molecule has 1 unspecified atom stereocenters. The Labute approximate surface area is 120 Å². The van der Waals surface area contributed by atoms with Gasteiger partial charge in [0.15, 0.2) is 0 Å². The minimum Gasteiger partial charge on any atom is -0.351 e. The Bertz CT molecular complexity index is 340. The maximum atomic E-state index is 11.5. The van der Waals surface area contributed by atoms with E-state index in [1.807, 2.05) is 32.0 Å². The van der Waals surface area contributed by atoms with Crippen LogP contribution in [0.5, 0.6) is 0 Å². The molecule has 1 amide bonds. The molecular weight excluding hydrogens is 260 g/mol. The van der Waals surface area contributed by atoms with Gasteiger partial charge in [-0.1, -0.05) is 19.6 Å². The molecule has 0 aromatic carbocycles. The number of nitrogens with one attached hydrogen (secondary N) is 2. The Morgan fingerprint density at radius 3 is 2.79 bits per heavy atom. The molecule has 0 saturated carbocycles. The number of nitrogens with zero attached hydrogens (tertiary/aromatic N) is 2. The van der Waals surface area contributed by atoms with Crippen molar-refractivity contribution < 1.29 is 4.79 Å². The summed E-state index contributed by atoms with van der Waals surface area (Å²) in [7, 11) is 5.60. The molecule has 0 aliphatic heterocycles. The van der Waals surface area contributed by atoms with E-state index in [0.29, 0.717) is 6.54 Å². The van der Waals surface area contributed by atoms with Gasteiger partial charge in [-0.05, 0) is 14.1 Å². The first kappa shape index (κ1) is 17.7. The zero-order valence-corrected chi connectivity index (χ0v) is 13.0. The van der Waals surface area contributed by atoms with Gasteiger partial charge in [-0.2, -0.15) is 0 Å². The van der Waals surface area contributed by atoms with E-state index in [0.717, 1.165) is 11.6 Å². The van der Waals surface area contributed by atoms with Crippen LogP contribution < -0.4 is 10.6 Å².